The summed E-state index contributed by atoms with van der Waals surface area (Å²) >= 11 is 0. The first-order valence-electron chi connectivity index (χ1n) is 7.19. The zero-order valence-electron chi connectivity index (χ0n) is 12.5. The van der Waals surface area contributed by atoms with Crippen molar-refractivity contribution in [2.24, 2.45) is 5.92 Å². The maximum absolute atomic E-state index is 4.72. The second-order valence-electron chi connectivity index (χ2n) is 5.25. The average Bonchev–Trinajstić information content (AvgIpc) is 2.38. The van der Waals surface area contributed by atoms with Crippen molar-refractivity contribution < 1.29 is 0 Å². The van der Waals surface area contributed by atoms with Crippen LogP contribution in [0.1, 0.15) is 32.9 Å². The van der Waals surface area contributed by atoms with Gasteiger partial charge in [-0.15, -0.1) is 6.58 Å². The normalized spacial score (nSPS) is 10.7. The van der Waals surface area contributed by atoms with Gasteiger partial charge in [-0.05, 0) is 31.0 Å². The van der Waals surface area contributed by atoms with Crippen molar-refractivity contribution in [3.63, 3.8) is 0 Å². The molecule has 1 N–H and O–H groups in total. The van der Waals surface area contributed by atoms with Crippen molar-refractivity contribution in [2.45, 2.75) is 33.7 Å². The molecule has 0 aromatic carbocycles. The van der Waals surface area contributed by atoms with Crippen molar-refractivity contribution >= 4 is 5.82 Å². The Hall–Kier alpha value is -1.35. The molecule has 0 unspecified atom stereocenters. The number of pyridine rings is 1. The zero-order chi connectivity index (χ0) is 14.1. The summed E-state index contributed by atoms with van der Waals surface area (Å²) in [6, 6.07) is 6.24. The average molecular weight is 261 g/mol. The summed E-state index contributed by atoms with van der Waals surface area (Å²) in [4.78, 5) is 6.99. The molecule has 0 fully saturated rings. The van der Waals surface area contributed by atoms with Crippen LogP contribution in [0.5, 0.6) is 0 Å². The quantitative estimate of drug-likeness (QED) is 0.692. The van der Waals surface area contributed by atoms with Gasteiger partial charge >= 0.3 is 0 Å². The Balaban J connectivity index is 2.65. The van der Waals surface area contributed by atoms with Crippen molar-refractivity contribution in [1.29, 1.82) is 0 Å². The van der Waals surface area contributed by atoms with E-state index in [1.165, 1.54) is 0 Å². The number of rotatable bonds is 9. The highest BCUT2D eigenvalue weighted by atomic mass is 15.2. The predicted molar refractivity (Wildman–Crippen MR) is 83.5 cm³/mol. The lowest BCUT2D eigenvalue weighted by atomic mass is 10.2. The van der Waals surface area contributed by atoms with Gasteiger partial charge in [-0.2, -0.15) is 0 Å². The van der Waals surface area contributed by atoms with Crippen LogP contribution < -0.4 is 10.2 Å². The predicted octanol–water partition coefficient (Wildman–Crippen LogP) is 3.23. The van der Waals surface area contributed by atoms with Crippen LogP contribution in [0.2, 0.25) is 0 Å². The van der Waals surface area contributed by atoms with E-state index in [2.05, 4.69) is 55.8 Å². The summed E-state index contributed by atoms with van der Waals surface area (Å²) in [7, 11) is 0. The van der Waals surface area contributed by atoms with E-state index in [1.807, 2.05) is 6.08 Å². The summed E-state index contributed by atoms with van der Waals surface area (Å²) in [6.07, 6.45) is 3.05. The third-order valence-corrected chi connectivity index (χ3v) is 2.82. The molecule has 0 radical (unpaired) electrons. The third-order valence-electron chi connectivity index (χ3n) is 2.82. The number of hydrogen-bond acceptors (Lipinski definition) is 3. The molecule has 0 saturated heterocycles. The maximum Gasteiger partial charge on any atom is 0.129 e. The Labute approximate surface area is 117 Å². The Morgan fingerprint density at radius 2 is 2.21 bits per heavy atom. The number of anilines is 1. The van der Waals surface area contributed by atoms with E-state index in [0.717, 1.165) is 44.1 Å². The fraction of sp³-hybridized carbons (Fsp3) is 0.562. The lowest BCUT2D eigenvalue weighted by Crippen LogP contribution is -2.26. The standard InChI is InChI=1S/C16H27N3/c1-5-10-19(11-6-2)16-9-7-8-15(18-16)13-17-12-14(3)4/h5,7-9,14,17H,1,6,10-13H2,2-4H3. The van der Waals surface area contributed by atoms with Gasteiger partial charge in [-0.3, -0.25) is 0 Å². The summed E-state index contributed by atoms with van der Waals surface area (Å²) in [5.41, 5.74) is 1.10. The van der Waals surface area contributed by atoms with E-state index >= 15 is 0 Å². The van der Waals surface area contributed by atoms with Gasteiger partial charge in [-0.25, -0.2) is 4.98 Å². The number of nitrogens with one attached hydrogen (secondary N) is 1. The molecule has 0 spiro atoms. The van der Waals surface area contributed by atoms with Crippen molar-refractivity contribution in [3.05, 3.63) is 36.5 Å². The van der Waals surface area contributed by atoms with Crippen molar-refractivity contribution in [2.75, 3.05) is 24.5 Å². The molecule has 1 heterocycles. The van der Waals surface area contributed by atoms with E-state index in [1.54, 1.807) is 0 Å². The van der Waals surface area contributed by atoms with Gasteiger partial charge < -0.3 is 10.2 Å². The lowest BCUT2D eigenvalue weighted by Gasteiger charge is -2.22. The summed E-state index contributed by atoms with van der Waals surface area (Å²) in [5.74, 6) is 1.71. The monoisotopic (exact) mass is 261 g/mol. The van der Waals surface area contributed by atoms with Gasteiger partial charge in [0.1, 0.15) is 5.82 Å². The number of nitrogens with zero attached hydrogens (tertiary/aromatic N) is 2. The highest BCUT2D eigenvalue weighted by Gasteiger charge is 2.06. The van der Waals surface area contributed by atoms with E-state index in [9.17, 15) is 0 Å². The van der Waals surface area contributed by atoms with Crippen LogP contribution in [0.15, 0.2) is 30.9 Å². The molecule has 19 heavy (non-hydrogen) atoms. The van der Waals surface area contributed by atoms with Crippen molar-refractivity contribution in [1.82, 2.24) is 10.3 Å². The van der Waals surface area contributed by atoms with Gasteiger partial charge in [-0.1, -0.05) is 32.9 Å². The first kappa shape index (κ1) is 15.7. The van der Waals surface area contributed by atoms with E-state index < -0.39 is 0 Å². The Morgan fingerprint density at radius 1 is 1.42 bits per heavy atom. The smallest absolute Gasteiger partial charge is 0.129 e. The Morgan fingerprint density at radius 3 is 2.84 bits per heavy atom. The molecule has 3 nitrogen and oxygen atoms in total. The maximum atomic E-state index is 4.72. The molecule has 3 heteroatoms. The molecule has 0 saturated carbocycles. The summed E-state index contributed by atoms with van der Waals surface area (Å²) < 4.78 is 0. The van der Waals surface area contributed by atoms with Crippen LogP contribution in [0.25, 0.3) is 0 Å². The van der Waals surface area contributed by atoms with Crippen LogP contribution in [-0.2, 0) is 6.54 Å². The SMILES string of the molecule is C=CCN(CCC)c1cccc(CNCC(C)C)n1. The Kier molecular flexibility index (Phi) is 7.19. The topological polar surface area (TPSA) is 28.2 Å². The van der Waals surface area contributed by atoms with Gasteiger partial charge in [0.15, 0.2) is 0 Å². The number of aromatic nitrogens is 1. The molecule has 0 bridgehead atoms. The highest BCUT2D eigenvalue weighted by molar-refractivity contribution is 5.39. The zero-order valence-corrected chi connectivity index (χ0v) is 12.5. The van der Waals surface area contributed by atoms with Crippen LogP contribution in [-0.4, -0.2) is 24.6 Å². The Bertz CT molecular complexity index is 374. The van der Waals surface area contributed by atoms with Crippen LogP contribution in [0.3, 0.4) is 0 Å². The van der Waals surface area contributed by atoms with Crippen molar-refractivity contribution in [3.8, 4) is 0 Å². The fourth-order valence-electron chi connectivity index (χ4n) is 1.96. The molecule has 0 aliphatic rings. The minimum Gasteiger partial charge on any atom is -0.353 e. The first-order chi connectivity index (χ1) is 9.17. The minimum absolute atomic E-state index is 0.667. The first-order valence-corrected chi connectivity index (χ1v) is 7.19. The molecule has 1 aromatic rings. The lowest BCUT2D eigenvalue weighted by molar-refractivity contribution is 0.548. The second-order valence-corrected chi connectivity index (χ2v) is 5.25. The molecular formula is C16H27N3. The molecule has 0 aliphatic heterocycles. The van der Waals surface area contributed by atoms with E-state index in [-0.39, 0.29) is 0 Å². The molecule has 0 aliphatic carbocycles. The molecule has 1 rings (SSSR count). The molecule has 1 aromatic heterocycles. The highest BCUT2D eigenvalue weighted by Crippen LogP contribution is 2.12. The van der Waals surface area contributed by atoms with Gasteiger partial charge in [0.25, 0.3) is 0 Å². The molecule has 0 atom stereocenters. The van der Waals surface area contributed by atoms with Gasteiger partial charge in [0.05, 0.1) is 5.69 Å². The molecule has 0 amide bonds. The van der Waals surface area contributed by atoms with Crippen LogP contribution in [0, 0.1) is 5.92 Å². The van der Waals surface area contributed by atoms with Crippen LogP contribution >= 0.6 is 0 Å². The minimum atomic E-state index is 0.667. The second kappa shape index (κ2) is 8.70. The molecule has 106 valence electrons. The van der Waals surface area contributed by atoms with Gasteiger partial charge in [0, 0.05) is 19.6 Å². The van der Waals surface area contributed by atoms with Gasteiger partial charge in [0.2, 0.25) is 0 Å². The van der Waals surface area contributed by atoms with E-state index in [4.69, 9.17) is 4.98 Å². The summed E-state index contributed by atoms with van der Waals surface area (Å²) in [5, 5.41) is 3.43. The van der Waals surface area contributed by atoms with Crippen LogP contribution in [0.4, 0.5) is 5.82 Å². The molecular weight excluding hydrogens is 234 g/mol. The summed E-state index contributed by atoms with van der Waals surface area (Å²) in [6.45, 7) is 14.2. The third kappa shape index (κ3) is 5.88. The largest absolute Gasteiger partial charge is 0.353 e. The fourth-order valence-corrected chi connectivity index (χ4v) is 1.96. The number of hydrogen-bond donors (Lipinski definition) is 1. The van der Waals surface area contributed by atoms with E-state index in [0.29, 0.717) is 5.92 Å².